The molecule has 140 valence electrons. The Kier molecular flexibility index (Phi) is 6.42. The minimum Gasteiger partial charge on any atom is -0.369 e. The Hall–Kier alpha value is -2.02. The van der Waals surface area contributed by atoms with Crippen molar-refractivity contribution < 1.29 is 9.59 Å². The maximum absolute atomic E-state index is 12.6. The number of rotatable bonds is 5. The molecule has 1 saturated heterocycles. The van der Waals surface area contributed by atoms with E-state index < -0.39 is 11.2 Å². The molecule has 1 heterocycles. The van der Waals surface area contributed by atoms with Gasteiger partial charge in [-0.1, -0.05) is 47.1 Å². The van der Waals surface area contributed by atoms with E-state index in [1.807, 2.05) is 24.3 Å². The molecule has 0 spiro atoms. The number of primary amides is 1. The first kappa shape index (κ1) is 19.7. The number of aliphatic imine (C=N–C) groups is 1. The Morgan fingerprint density at radius 1 is 1.11 bits per heavy atom. The lowest BCUT2D eigenvalue weighted by Gasteiger charge is -2.31. The number of hydrogen-bond donors (Lipinski definition) is 1. The van der Waals surface area contributed by atoms with E-state index >= 15 is 0 Å². The van der Waals surface area contributed by atoms with Crippen LogP contribution in [0.5, 0.6) is 0 Å². The molecule has 0 radical (unpaired) electrons. The Balaban J connectivity index is 1.83. The molecule has 1 aliphatic rings. The predicted octanol–water partition coefficient (Wildman–Crippen LogP) is 4.04. The molecule has 3 rings (SSSR count). The van der Waals surface area contributed by atoms with E-state index in [0.29, 0.717) is 33.9 Å². The van der Waals surface area contributed by atoms with Crippen molar-refractivity contribution in [2.75, 3.05) is 6.54 Å². The molecule has 2 aromatic carbocycles. The summed E-state index contributed by atoms with van der Waals surface area (Å²) in [5.41, 5.74) is 7.12. The Morgan fingerprint density at radius 2 is 1.70 bits per heavy atom. The van der Waals surface area contributed by atoms with Crippen LogP contribution >= 0.6 is 35.0 Å². The fraction of sp³-hybridized carbons (Fsp3) is 0.211. The maximum Gasteiger partial charge on any atom is 0.231 e. The van der Waals surface area contributed by atoms with Gasteiger partial charge in [-0.3, -0.25) is 14.5 Å². The second-order valence-corrected chi connectivity index (χ2v) is 8.05. The van der Waals surface area contributed by atoms with Crippen LogP contribution in [0.2, 0.25) is 10.0 Å². The van der Waals surface area contributed by atoms with E-state index in [1.165, 1.54) is 11.8 Å². The molecule has 1 atom stereocenters. The summed E-state index contributed by atoms with van der Waals surface area (Å²) in [7, 11) is 0. The number of hydrogen-bond acceptors (Lipinski definition) is 4. The zero-order valence-corrected chi connectivity index (χ0v) is 16.6. The zero-order chi connectivity index (χ0) is 19.4. The van der Waals surface area contributed by atoms with Gasteiger partial charge in [0.05, 0.1) is 10.9 Å². The lowest BCUT2D eigenvalue weighted by atomic mass is 10.1. The number of amidine groups is 1. The van der Waals surface area contributed by atoms with Gasteiger partial charge in [0.25, 0.3) is 0 Å². The molecular weight excluding hydrogens is 405 g/mol. The van der Waals surface area contributed by atoms with Crippen molar-refractivity contribution in [1.82, 2.24) is 4.90 Å². The second kappa shape index (κ2) is 8.78. The lowest BCUT2D eigenvalue weighted by Crippen LogP contribution is -2.46. The number of halogens is 2. The van der Waals surface area contributed by atoms with Gasteiger partial charge in [0.2, 0.25) is 11.8 Å². The van der Waals surface area contributed by atoms with Crippen LogP contribution < -0.4 is 5.73 Å². The number of nitrogens with zero attached hydrogens (tertiary/aromatic N) is 2. The third kappa shape index (κ3) is 5.25. The highest BCUT2D eigenvalue weighted by atomic mass is 35.5. The molecule has 1 fully saturated rings. The first-order valence-electron chi connectivity index (χ1n) is 8.27. The maximum atomic E-state index is 12.6. The molecule has 0 bridgehead atoms. The van der Waals surface area contributed by atoms with Crippen molar-refractivity contribution in [2.45, 2.75) is 18.1 Å². The predicted molar refractivity (Wildman–Crippen MR) is 111 cm³/mol. The number of amides is 2. The van der Waals surface area contributed by atoms with Crippen molar-refractivity contribution in [3.63, 3.8) is 0 Å². The average molecular weight is 422 g/mol. The molecule has 0 aromatic heterocycles. The summed E-state index contributed by atoms with van der Waals surface area (Å²) < 4.78 is 0. The van der Waals surface area contributed by atoms with Crippen molar-refractivity contribution in [3.05, 3.63) is 64.1 Å². The third-order valence-corrected chi connectivity index (χ3v) is 5.76. The van der Waals surface area contributed by atoms with Gasteiger partial charge in [0, 0.05) is 23.0 Å². The Labute approximate surface area is 171 Å². The second-order valence-electron chi connectivity index (χ2n) is 6.01. The first-order valence-corrected chi connectivity index (χ1v) is 9.91. The lowest BCUT2D eigenvalue weighted by molar-refractivity contribution is -0.129. The monoisotopic (exact) mass is 421 g/mol. The van der Waals surface area contributed by atoms with Crippen LogP contribution in [-0.2, 0) is 16.0 Å². The molecule has 1 unspecified atom stereocenters. The van der Waals surface area contributed by atoms with Crippen molar-refractivity contribution in [3.8, 4) is 0 Å². The molecule has 0 aliphatic carbocycles. The van der Waals surface area contributed by atoms with E-state index in [-0.39, 0.29) is 12.3 Å². The van der Waals surface area contributed by atoms with Gasteiger partial charge in [-0.15, -0.1) is 0 Å². The van der Waals surface area contributed by atoms with Gasteiger partial charge < -0.3 is 5.73 Å². The molecule has 5 nitrogen and oxygen atoms in total. The van der Waals surface area contributed by atoms with Crippen molar-refractivity contribution >= 4 is 57.6 Å². The molecule has 27 heavy (non-hydrogen) atoms. The SMILES string of the molecule is NC(=O)C1CC(=O)N(CCc2ccc(Cl)cc2)C(=Nc2ccc(Cl)cc2)S1. The highest BCUT2D eigenvalue weighted by molar-refractivity contribution is 8.15. The summed E-state index contributed by atoms with van der Waals surface area (Å²) >= 11 is 13.0. The molecule has 2 N–H and O–H groups in total. The van der Waals surface area contributed by atoms with E-state index in [1.54, 1.807) is 29.2 Å². The van der Waals surface area contributed by atoms with E-state index in [0.717, 1.165) is 5.56 Å². The van der Waals surface area contributed by atoms with E-state index in [4.69, 9.17) is 28.9 Å². The number of thioether (sulfide) groups is 1. The van der Waals surface area contributed by atoms with Gasteiger partial charge in [0.15, 0.2) is 5.17 Å². The molecule has 2 amide bonds. The summed E-state index contributed by atoms with van der Waals surface area (Å²) in [6.07, 6.45) is 0.713. The normalized spacial score (nSPS) is 18.7. The molecule has 8 heteroatoms. The first-order chi connectivity index (χ1) is 12.9. The molecule has 2 aromatic rings. The van der Waals surface area contributed by atoms with Gasteiger partial charge in [-0.2, -0.15) is 0 Å². The highest BCUT2D eigenvalue weighted by Crippen LogP contribution is 2.29. The van der Waals surface area contributed by atoms with Crippen molar-refractivity contribution in [1.29, 1.82) is 0 Å². The van der Waals surface area contributed by atoms with Gasteiger partial charge in [0.1, 0.15) is 0 Å². The van der Waals surface area contributed by atoms with E-state index in [9.17, 15) is 9.59 Å². The number of nitrogens with two attached hydrogens (primary N) is 1. The minimum atomic E-state index is -0.615. The topological polar surface area (TPSA) is 75.8 Å². The summed E-state index contributed by atoms with van der Waals surface area (Å²) in [5.74, 6) is -0.686. The van der Waals surface area contributed by atoms with Crippen LogP contribution in [-0.4, -0.2) is 33.7 Å². The molecule has 0 saturated carbocycles. The molecular formula is C19H17Cl2N3O2S. The summed E-state index contributed by atoms with van der Waals surface area (Å²) in [6.45, 7) is 0.450. The number of benzene rings is 2. The number of carbonyl (C=O) groups excluding carboxylic acids is 2. The highest BCUT2D eigenvalue weighted by Gasteiger charge is 2.34. The number of carbonyl (C=O) groups is 2. The fourth-order valence-corrected chi connectivity index (χ4v) is 3.92. The average Bonchev–Trinajstić information content (AvgIpc) is 2.64. The zero-order valence-electron chi connectivity index (χ0n) is 14.3. The standard InChI is InChI=1S/C19H17Cl2N3O2S/c20-13-3-1-12(2-4-13)9-10-24-17(25)11-16(18(22)26)27-19(24)23-15-7-5-14(21)6-8-15/h1-8,16H,9-11H2,(H2,22,26). The summed E-state index contributed by atoms with van der Waals surface area (Å²) in [4.78, 5) is 30.4. The van der Waals surface area contributed by atoms with Crippen LogP contribution in [0.4, 0.5) is 5.69 Å². The quantitative estimate of drug-likeness (QED) is 0.790. The van der Waals surface area contributed by atoms with E-state index in [2.05, 4.69) is 4.99 Å². The van der Waals surface area contributed by atoms with Gasteiger partial charge in [-0.05, 0) is 48.4 Å². The van der Waals surface area contributed by atoms with Crippen LogP contribution in [0.25, 0.3) is 0 Å². The largest absolute Gasteiger partial charge is 0.369 e. The van der Waals surface area contributed by atoms with Gasteiger partial charge >= 0.3 is 0 Å². The Morgan fingerprint density at radius 3 is 2.30 bits per heavy atom. The van der Waals surface area contributed by atoms with Crippen LogP contribution in [0, 0.1) is 0 Å². The van der Waals surface area contributed by atoms with Crippen LogP contribution in [0.1, 0.15) is 12.0 Å². The molecule has 1 aliphatic heterocycles. The smallest absolute Gasteiger partial charge is 0.231 e. The summed E-state index contributed by atoms with van der Waals surface area (Å²) in [5, 5.41) is 1.11. The van der Waals surface area contributed by atoms with Crippen LogP contribution in [0.3, 0.4) is 0 Å². The van der Waals surface area contributed by atoms with Gasteiger partial charge in [-0.25, -0.2) is 4.99 Å². The Bertz CT molecular complexity index is 870. The van der Waals surface area contributed by atoms with Crippen LogP contribution in [0.15, 0.2) is 53.5 Å². The minimum absolute atomic E-state index is 0.0697. The summed E-state index contributed by atoms with van der Waals surface area (Å²) in [6, 6.07) is 14.4. The third-order valence-electron chi connectivity index (χ3n) is 4.05. The van der Waals surface area contributed by atoms with Crippen molar-refractivity contribution in [2.24, 2.45) is 10.7 Å². The fourth-order valence-electron chi connectivity index (χ4n) is 2.59.